The van der Waals surface area contributed by atoms with Gasteiger partial charge < -0.3 is 10.1 Å². The van der Waals surface area contributed by atoms with Gasteiger partial charge in [0.2, 0.25) is 0 Å². The van der Waals surface area contributed by atoms with Crippen molar-refractivity contribution >= 4 is 11.6 Å². The summed E-state index contributed by atoms with van der Waals surface area (Å²) in [6.07, 6.45) is 3.21. The van der Waals surface area contributed by atoms with Crippen molar-refractivity contribution in [2.45, 2.75) is 33.0 Å². The molecule has 3 nitrogen and oxygen atoms in total. The van der Waals surface area contributed by atoms with E-state index < -0.39 is 0 Å². The number of pyridine rings is 1. The van der Waals surface area contributed by atoms with Crippen molar-refractivity contribution in [1.29, 1.82) is 0 Å². The molecule has 0 saturated heterocycles. The molecule has 2 rings (SSSR count). The molecule has 0 saturated carbocycles. The van der Waals surface area contributed by atoms with Crippen LogP contribution in [0.3, 0.4) is 0 Å². The van der Waals surface area contributed by atoms with Crippen LogP contribution >= 0.6 is 11.6 Å². The molecule has 5 heteroatoms. The predicted octanol–water partition coefficient (Wildman–Crippen LogP) is 3.95. The molecule has 2 aromatic rings. The van der Waals surface area contributed by atoms with E-state index in [1.807, 2.05) is 19.9 Å². The summed E-state index contributed by atoms with van der Waals surface area (Å²) in [7, 11) is 0. The van der Waals surface area contributed by atoms with E-state index in [0.717, 1.165) is 11.1 Å². The first-order chi connectivity index (χ1) is 10.0. The largest absolute Gasteiger partial charge is 0.489 e. The maximum atomic E-state index is 13.6. The Morgan fingerprint density at radius 1 is 1.33 bits per heavy atom. The zero-order chi connectivity index (χ0) is 15.2. The molecule has 1 aromatic carbocycles. The molecule has 0 radical (unpaired) electrons. The summed E-state index contributed by atoms with van der Waals surface area (Å²) in [6, 6.07) is 6.82. The highest BCUT2D eigenvalue weighted by Crippen LogP contribution is 2.20. The summed E-state index contributed by atoms with van der Waals surface area (Å²) >= 11 is 6.01. The van der Waals surface area contributed by atoms with Gasteiger partial charge >= 0.3 is 0 Å². The molecule has 21 heavy (non-hydrogen) atoms. The van der Waals surface area contributed by atoms with E-state index in [1.165, 1.54) is 12.1 Å². The Hall–Kier alpha value is -1.65. The van der Waals surface area contributed by atoms with Crippen LogP contribution in [0.15, 0.2) is 36.7 Å². The van der Waals surface area contributed by atoms with Gasteiger partial charge in [0.25, 0.3) is 0 Å². The van der Waals surface area contributed by atoms with E-state index in [0.29, 0.717) is 23.4 Å². The first kappa shape index (κ1) is 15.7. The summed E-state index contributed by atoms with van der Waals surface area (Å²) in [6.45, 7) is 4.97. The normalized spacial score (nSPS) is 10.9. The molecule has 1 aromatic heterocycles. The first-order valence-corrected chi connectivity index (χ1v) is 7.16. The minimum atomic E-state index is -0.311. The molecule has 1 heterocycles. The van der Waals surface area contributed by atoms with Crippen molar-refractivity contribution in [3.8, 4) is 5.75 Å². The van der Waals surface area contributed by atoms with Gasteiger partial charge in [-0.15, -0.1) is 0 Å². The minimum absolute atomic E-state index is 0.280. The summed E-state index contributed by atoms with van der Waals surface area (Å²) < 4.78 is 19.2. The van der Waals surface area contributed by atoms with Crippen molar-refractivity contribution in [3.63, 3.8) is 0 Å². The number of benzene rings is 1. The third kappa shape index (κ3) is 4.99. The van der Waals surface area contributed by atoms with Crippen LogP contribution in [0.5, 0.6) is 5.75 Å². The van der Waals surface area contributed by atoms with Crippen molar-refractivity contribution in [3.05, 3.63) is 58.6 Å². The standard InChI is InChI=1S/C16H18ClFN2O/c1-11(2)20-8-12-5-14(18)7-15(6-12)21-10-13-3-4-19-9-16(13)17/h3-7,9,11,20H,8,10H2,1-2H3. The lowest BCUT2D eigenvalue weighted by Crippen LogP contribution is -2.21. The summed E-state index contributed by atoms with van der Waals surface area (Å²) in [5, 5.41) is 3.79. The van der Waals surface area contributed by atoms with Gasteiger partial charge in [0.05, 0.1) is 5.02 Å². The maximum Gasteiger partial charge on any atom is 0.127 e. The number of nitrogens with zero attached hydrogens (tertiary/aromatic N) is 1. The quantitative estimate of drug-likeness (QED) is 0.877. The molecule has 0 unspecified atom stereocenters. The van der Waals surface area contributed by atoms with Crippen molar-refractivity contribution < 1.29 is 9.13 Å². The van der Waals surface area contributed by atoms with Gasteiger partial charge in [-0.05, 0) is 23.8 Å². The van der Waals surface area contributed by atoms with Gasteiger partial charge in [-0.3, -0.25) is 4.98 Å². The Balaban J connectivity index is 2.04. The number of aromatic nitrogens is 1. The van der Waals surface area contributed by atoms with Crippen molar-refractivity contribution in [2.75, 3.05) is 0 Å². The topological polar surface area (TPSA) is 34.1 Å². The molecule has 0 aliphatic heterocycles. The van der Waals surface area contributed by atoms with Gasteiger partial charge in [0, 0.05) is 36.6 Å². The smallest absolute Gasteiger partial charge is 0.127 e. The van der Waals surface area contributed by atoms with Crippen LogP contribution in [0, 0.1) is 5.82 Å². The molecule has 0 aliphatic carbocycles. The summed E-state index contributed by atoms with van der Waals surface area (Å²) in [4.78, 5) is 3.91. The van der Waals surface area contributed by atoms with Crippen LogP contribution in [0.4, 0.5) is 4.39 Å². The van der Waals surface area contributed by atoms with Crippen molar-refractivity contribution in [2.24, 2.45) is 0 Å². The molecule has 1 N–H and O–H groups in total. The van der Waals surface area contributed by atoms with Crippen LogP contribution in [0.1, 0.15) is 25.0 Å². The number of hydrogen-bond acceptors (Lipinski definition) is 3. The van der Waals surface area contributed by atoms with E-state index in [1.54, 1.807) is 18.5 Å². The highest BCUT2D eigenvalue weighted by Gasteiger charge is 2.05. The van der Waals surface area contributed by atoms with Gasteiger partial charge in [-0.1, -0.05) is 25.4 Å². The number of halogens is 2. The van der Waals surface area contributed by atoms with Crippen LogP contribution in [-0.4, -0.2) is 11.0 Å². The third-order valence-corrected chi connectivity index (χ3v) is 3.24. The zero-order valence-corrected chi connectivity index (χ0v) is 12.8. The second-order valence-electron chi connectivity index (χ2n) is 5.09. The van der Waals surface area contributed by atoms with Gasteiger partial charge in [-0.25, -0.2) is 4.39 Å². The number of rotatable bonds is 6. The molecule has 0 bridgehead atoms. The molecule has 0 fully saturated rings. The zero-order valence-electron chi connectivity index (χ0n) is 12.1. The Bertz CT molecular complexity index is 605. The third-order valence-electron chi connectivity index (χ3n) is 2.90. The lowest BCUT2D eigenvalue weighted by atomic mass is 10.2. The van der Waals surface area contributed by atoms with Crippen LogP contribution in [0.25, 0.3) is 0 Å². The van der Waals surface area contributed by atoms with Gasteiger partial charge in [-0.2, -0.15) is 0 Å². The summed E-state index contributed by atoms with van der Waals surface area (Å²) in [5.41, 5.74) is 1.66. The molecular weight excluding hydrogens is 291 g/mol. The SMILES string of the molecule is CC(C)NCc1cc(F)cc(OCc2ccncc2Cl)c1. The molecular formula is C16H18ClFN2O. The van der Waals surface area contributed by atoms with Gasteiger partial charge in [0.15, 0.2) is 0 Å². The molecule has 0 aliphatic rings. The van der Waals surface area contributed by atoms with Gasteiger partial charge in [0.1, 0.15) is 18.2 Å². The Morgan fingerprint density at radius 3 is 2.86 bits per heavy atom. The van der Waals surface area contributed by atoms with Crippen LogP contribution < -0.4 is 10.1 Å². The van der Waals surface area contributed by atoms with E-state index in [-0.39, 0.29) is 12.4 Å². The number of hydrogen-bond donors (Lipinski definition) is 1. The summed E-state index contributed by atoms with van der Waals surface area (Å²) in [5.74, 6) is 0.178. The molecule has 112 valence electrons. The minimum Gasteiger partial charge on any atom is -0.489 e. The van der Waals surface area contributed by atoms with Crippen LogP contribution in [-0.2, 0) is 13.2 Å². The van der Waals surface area contributed by atoms with E-state index in [9.17, 15) is 4.39 Å². The van der Waals surface area contributed by atoms with E-state index in [4.69, 9.17) is 16.3 Å². The maximum absolute atomic E-state index is 13.6. The second kappa shape index (κ2) is 7.38. The Labute approximate surface area is 129 Å². The van der Waals surface area contributed by atoms with E-state index in [2.05, 4.69) is 10.3 Å². The number of nitrogens with one attached hydrogen (secondary N) is 1. The average molecular weight is 309 g/mol. The lowest BCUT2D eigenvalue weighted by molar-refractivity contribution is 0.304. The molecule has 0 atom stereocenters. The number of ether oxygens (including phenoxy) is 1. The fraction of sp³-hybridized carbons (Fsp3) is 0.312. The highest BCUT2D eigenvalue weighted by atomic mass is 35.5. The fourth-order valence-electron chi connectivity index (χ4n) is 1.81. The molecule has 0 spiro atoms. The fourth-order valence-corrected chi connectivity index (χ4v) is 1.98. The highest BCUT2D eigenvalue weighted by molar-refractivity contribution is 6.31. The van der Waals surface area contributed by atoms with Crippen LogP contribution in [0.2, 0.25) is 5.02 Å². The first-order valence-electron chi connectivity index (χ1n) is 6.78. The second-order valence-corrected chi connectivity index (χ2v) is 5.49. The monoisotopic (exact) mass is 308 g/mol. The molecule has 0 amide bonds. The Morgan fingerprint density at radius 2 is 2.14 bits per heavy atom. The van der Waals surface area contributed by atoms with Crippen molar-refractivity contribution in [1.82, 2.24) is 10.3 Å². The average Bonchev–Trinajstić information content (AvgIpc) is 2.44. The predicted molar refractivity (Wildman–Crippen MR) is 82.0 cm³/mol. The van der Waals surface area contributed by atoms with E-state index >= 15 is 0 Å². The Kier molecular flexibility index (Phi) is 5.53. The lowest BCUT2D eigenvalue weighted by Gasteiger charge is -2.11.